The highest BCUT2D eigenvalue weighted by Gasteiger charge is 2.08. The standard InChI is InChI=1S/C18H18N2O4/c1-23-13-9-12(10-14(11-13)24-2)7-8-17(21)20-16-6-4-3-5-15(16)18(19)22/h3-11H,1-2H3,(H2,19,22)(H,20,21). The number of hydrogen-bond acceptors (Lipinski definition) is 4. The third-order valence-corrected chi connectivity index (χ3v) is 3.25. The largest absolute Gasteiger partial charge is 0.497 e. The van der Waals surface area contributed by atoms with Gasteiger partial charge in [-0.05, 0) is 35.9 Å². The van der Waals surface area contributed by atoms with Gasteiger partial charge in [0, 0.05) is 12.1 Å². The highest BCUT2D eigenvalue weighted by atomic mass is 16.5. The molecule has 0 radical (unpaired) electrons. The van der Waals surface area contributed by atoms with E-state index < -0.39 is 5.91 Å². The van der Waals surface area contributed by atoms with E-state index in [-0.39, 0.29) is 11.5 Å². The molecule has 6 nitrogen and oxygen atoms in total. The van der Waals surface area contributed by atoms with Gasteiger partial charge in [0.2, 0.25) is 5.91 Å². The molecular formula is C18H18N2O4. The first kappa shape index (κ1) is 17.1. The zero-order valence-corrected chi connectivity index (χ0v) is 13.4. The summed E-state index contributed by atoms with van der Waals surface area (Å²) in [6.45, 7) is 0. The predicted molar refractivity (Wildman–Crippen MR) is 92.2 cm³/mol. The minimum atomic E-state index is -0.604. The maximum Gasteiger partial charge on any atom is 0.250 e. The van der Waals surface area contributed by atoms with Crippen molar-refractivity contribution in [3.8, 4) is 11.5 Å². The van der Waals surface area contributed by atoms with Crippen molar-refractivity contribution in [1.82, 2.24) is 0 Å². The van der Waals surface area contributed by atoms with Gasteiger partial charge in [0.05, 0.1) is 25.5 Å². The van der Waals surface area contributed by atoms with E-state index in [1.807, 2.05) is 0 Å². The van der Waals surface area contributed by atoms with Gasteiger partial charge in [0.25, 0.3) is 5.91 Å². The smallest absolute Gasteiger partial charge is 0.250 e. The van der Waals surface area contributed by atoms with E-state index in [0.29, 0.717) is 17.2 Å². The lowest BCUT2D eigenvalue weighted by molar-refractivity contribution is -0.111. The predicted octanol–water partition coefficient (Wildman–Crippen LogP) is 2.45. The number of nitrogens with two attached hydrogens (primary N) is 1. The summed E-state index contributed by atoms with van der Waals surface area (Å²) in [5.41, 5.74) is 6.64. The Kier molecular flexibility index (Phi) is 5.57. The van der Waals surface area contributed by atoms with Crippen LogP contribution in [0, 0.1) is 0 Å². The van der Waals surface area contributed by atoms with E-state index >= 15 is 0 Å². The van der Waals surface area contributed by atoms with Crippen LogP contribution in [0.15, 0.2) is 48.5 Å². The summed E-state index contributed by atoms with van der Waals surface area (Å²) in [6.07, 6.45) is 2.97. The highest BCUT2D eigenvalue weighted by Crippen LogP contribution is 2.23. The minimum absolute atomic E-state index is 0.252. The van der Waals surface area contributed by atoms with E-state index in [4.69, 9.17) is 15.2 Å². The van der Waals surface area contributed by atoms with Crippen molar-refractivity contribution in [3.05, 3.63) is 59.7 Å². The van der Waals surface area contributed by atoms with Crippen molar-refractivity contribution in [3.63, 3.8) is 0 Å². The summed E-state index contributed by atoms with van der Waals surface area (Å²) in [5, 5.41) is 2.63. The number of rotatable bonds is 6. The van der Waals surface area contributed by atoms with E-state index in [0.717, 1.165) is 5.56 Å². The van der Waals surface area contributed by atoms with Crippen molar-refractivity contribution < 1.29 is 19.1 Å². The lowest BCUT2D eigenvalue weighted by Crippen LogP contribution is -2.16. The van der Waals surface area contributed by atoms with Gasteiger partial charge in [0.1, 0.15) is 11.5 Å². The minimum Gasteiger partial charge on any atom is -0.497 e. The number of amides is 2. The van der Waals surface area contributed by atoms with Crippen LogP contribution >= 0.6 is 0 Å². The second-order valence-corrected chi connectivity index (χ2v) is 4.88. The number of carbonyl (C=O) groups is 2. The van der Waals surface area contributed by atoms with Crippen LogP contribution < -0.4 is 20.5 Å². The topological polar surface area (TPSA) is 90.6 Å². The molecule has 0 heterocycles. The SMILES string of the molecule is COc1cc(C=CC(=O)Nc2ccccc2C(N)=O)cc(OC)c1. The average Bonchev–Trinajstić information content (AvgIpc) is 2.59. The molecular weight excluding hydrogens is 308 g/mol. The van der Waals surface area contributed by atoms with E-state index in [9.17, 15) is 9.59 Å². The molecule has 0 atom stereocenters. The molecule has 24 heavy (non-hydrogen) atoms. The summed E-state index contributed by atoms with van der Waals surface area (Å²) in [7, 11) is 3.10. The van der Waals surface area contributed by atoms with Crippen LogP contribution in [-0.2, 0) is 4.79 Å². The number of ether oxygens (including phenoxy) is 2. The zero-order chi connectivity index (χ0) is 17.5. The Hall–Kier alpha value is -3.28. The normalized spacial score (nSPS) is 10.4. The number of methoxy groups -OCH3 is 2. The highest BCUT2D eigenvalue weighted by molar-refractivity contribution is 6.07. The Morgan fingerprint density at radius 1 is 1.04 bits per heavy atom. The van der Waals surface area contributed by atoms with E-state index in [1.165, 1.54) is 6.08 Å². The molecule has 2 amide bonds. The Bertz CT molecular complexity index is 762. The molecule has 0 bridgehead atoms. The van der Waals surface area contributed by atoms with Crippen LogP contribution in [0.3, 0.4) is 0 Å². The molecule has 0 spiro atoms. The summed E-state index contributed by atoms with van der Waals surface area (Å²) >= 11 is 0. The number of nitrogens with one attached hydrogen (secondary N) is 1. The van der Waals surface area contributed by atoms with E-state index in [2.05, 4.69) is 5.32 Å². The molecule has 2 aromatic carbocycles. The number of hydrogen-bond donors (Lipinski definition) is 2. The van der Waals surface area contributed by atoms with Gasteiger partial charge in [-0.15, -0.1) is 0 Å². The Labute approximate surface area is 139 Å². The van der Waals surface area contributed by atoms with Crippen molar-refractivity contribution >= 4 is 23.6 Å². The second kappa shape index (κ2) is 7.82. The maximum atomic E-state index is 12.1. The van der Waals surface area contributed by atoms with Crippen molar-refractivity contribution in [2.45, 2.75) is 0 Å². The molecule has 2 rings (SSSR count). The number of carbonyl (C=O) groups excluding carboxylic acids is 2. The summed E-state index contributed by atoms with van der Waals surface area (Å²) in [6, 6.07) is 11.8. The van der Waals surface area contributed by atoms with Gasteiger partial charge in [-0.3, -0.25) is 9.59 Å². The van der Waals surface area contributed by atoms with Crippen LogP contribution in [-0.4, -0.2) is 26.0 Å². The molecule has 3 N–H and O–H groups in total. The van der Waals surface area contributed by atoms with Crippen molar-refractivity contribution in [2.24, 2.45) is 5.73 Å². The van der Waals surface area contributed by atoms with E-state index in [1.54, 1.807) is 62.8 Å². The summed E-state index contributed by atoms with van der Waals surface area (Å²) < 4.78 is 10.4. The molecule has 0 aliphatic rings. The van der Waals surface area contributed by atoms with Gasteiger partial charge >= 0.3 is 0 Å². The van der Waals surface area contributed by atoms with Gasteiger partial charge < -0.3 is 20.5 Å². The molecule has 124 valence electrons. The lowest BCUT2D eigenvalue weighted by atomic mass is 10.1. The fourth-order valence-electron chi connectivity index (χ4n) is 2.08. The first-order chi connectivity index (χ1) is 11.5. The number of primary amides is 1. The quantitative estimate of drug-likeness (QED) is 0.798. The molecule has 0 aliphatic heterocycles. The van der Waals surface area contributed by atoms with Gasteiger partial charge in [0.15, 0.2) is 0 Å². The molecule has 0 fully saturated rings. The second-order valence-electron chi connectivity index (χ2n) is 4.88. The van der Waals surface area contributed by atoms with Crippen molar-refractivity contribution in [1.29, 1.82) is 0 Å². The number of para-hydroxylation sites is 1. The van der Waals surface area contributed by atoms with Gasteiger partial charge in [-0.1, -0.05) is 12.1 Å². The first-order valence-corrected chi connectivity index (χ1v) is 7.14. The van der Waals surface area contributed by atoms with Crippen LogP contribution in [0.5, 0.6) is 11.5 Å². The zero-order valence-electron chi connectivity index (χ0n) is 13.4. The summed E-state index contributed by atoms with van der Waals surface area (Å²) in [4.78, 5) is 23.4. The Balaban J connectivity index is 2.15. The number of anilines is 1. The molecule has 6 heteroatoms. The average molecular weight is 326 g/mol. The first-order valence-electron chi connectivity index (χ1n) is 7.14. The van der Waals surface area contributed by atoms with Gasteiger partial charge in [-0.25, -0.2) is 0 Å². The molecule has 0 unspecified atom stereocenters. The van der Waals surface area contributed by atoms with Crippen LogP contribution in [0.4, 0.5) is 5.69 Å². The monoisotopic (exact) mass is 326 g/mol. The van der Waals surface area contributed by atoms with Crippen LogP contribution in [0.1, 0.15) is 15.9 Å². The molecule has 2 aromatic rings. The molecule has 0 aliphatic carbocycles. The Morgan fingerprint density at radius 3 is 2.25 bits per heavy atom. The third-order valence-electron chi connectivity index (χ3n) is 3.25. The fourth-order valence-corrected chi connectivity index (χ4v) is 2.08. The fraction of sp³-hybridized carbons (Fsp3) is 0.111. The molecule has 0 aromatic heterocycles. The third kappa shape index (κ3) is 4.36. The Morgan fingerprint density at radius 2 is 1.67 bits per heavy atom. The van der Waals surface area contributed by atoms with Crippen molar-refractivity contribution in [2.75, 3.05) is 19.5 Å². The maximum absolute atomic E-state index is 12.1. The van der Waals surface area contributed by atoms with Crippen LogP contribution in [0.25, 0.3) is 6.08 Å². The lowest BCUT2D eigenvalue weighted by Gasteiger charge is -2.07. The molecule has 0 saturated heterocycles. The van der Waals surface area contributed by atoms with Crippen LogP contribution in [0.2, 0.25) is 0 Å². The molecule has 0 saturated carbocycles. The number of benzene rings is 2. The van der Waals surface area contributed by atoms with Gasteiger partial charge in [-0.2, -0.15) is 0 Å². The summed E-state index contributed by atoms with van der Waals surface area (Å²) in [5.74, 6) is 0.250.